The number of hydrogen-bond donors (Lipinski definition) is 1. The fourth-order valence-electron chi connectivity index (χ4n) is 3.42. The summed E-state index contributed by atoms with van der Waals surface area (Å²) in [5, 5.41) is 3.62. The van der Waals surface area contributed by atoms with Crippen molar-refractivity contribution in [2.24, 2.45) is 5.92 Å². The first-order valence-corrected chi connectivity index (χ1v) is 8.56. The van der Waals surface area contributed by atoms with Crippen molar-refractivity contribution in [2.45, 2.75) is 53.5 Å². The fraction of sp³-hybridized carbons (Fsp3) is 0.684. The zero-order valence-electron chi connectivity index (χ0n) is 14.3. The first-order valence-electron chi connectivity index (χ1n) is 8.56. The number of hydrogen-bond acceptors (Lipinski definition) is 2. The quantitative estimate of drug-likeness (QED) is 0.801. The van der Waals surface area contributed by atoms with E-state index >= 15 is 0 Å². The zero-order chi connectivity index (χ0) is 15.2. The minimum absolute atomic E-state index is 0.937. The van der Waals surface area contributed by atoms with E-state index in [1.807, 2.05) is 0 Å². The Balaban J connectivity index is 1.66. The predicted molar refractivity (Wildman–Crippen MR) is 91.8 cm³/mol. The second-order valence-corrected chi connectivity index (χ2v) is 6.93. The molecule has 21 heavy (non-hydrogen) atoms. The van der Waals surface area contributed by atoms with Gasteiger partial charge < -0.3 is 10.2 Å². The summed E-state index contributed by atoms with van der Waals surface area (Å²) in [7, 11) is 0. The maximum Gasteiger partial charge on any atom is 0.0210 e. The maximum atomic E-state index is 3.62. The number of aryl methyl sites for hydroxylation is 3. The summed E-state index contributed by atoms with van der Waals surface area (Å²) in [6.45, 7) is 15.0. The van der Waals surface area contributed by atoms with Gasteiger partial charge in [-0.1, -0.05) is 24.6 Å². The van der Waals surface area contributed by atoms with Crippen LogP contribution >= 0.6 is 0 Å². The van der Waals surface area contributed by atoms with Gasteiger partial charge in [0.1, 0.15) is 0 Å². The van der Waals surface area contributed by atoms with Crippen LogP contribution in [0.15, 0.2) is 12.1 Å². The molecule has 0 aliphatic carbocycles. The van der Waals surface area contributed by atoms with Crippen molar-refractivity contribution in [3.05, 3.63) is 34.4 Å². The normalized spacial score (nSPS) is 17.3. The first-order chi connectivity index (χ1) is 10.1. The van der Waals surface area contributed by atoms with Gasteiger partial charge in [0, 0.05) is 6.54 Å². The lowest BCUT2D eigenvalue weighted by Gasteiger charge is -2.30. The highest BCUT2D eigenvalue weighted by molar-refractivity contribution is 5.37. The van der Waals surface area contributed by atoms with Crippen LogP contribution in [0.5, 0.6) is 0 Å². The molecule has 0 saturated carbocycles. The Morgan fingerprint density at radius 2 is 1.71 bits per heavy atom. The molecule has 0 spiro atoms. The van der Waals surface area contributed by atoms with Crippen molar-refractivity contribution in [1.29, 1.82) is 0 Å². The van der Waals surface area contributed by atoms with Crippen LogP contribution in [-0.2, 0) is 6.54 Å². The minimum Gasteiger partial charge on any atom is -0.313 e. The van der Waals surface area contributed by atoms with Gasteiger partial charge in [0.15, 0.2) is 0 Å². The van der Waals surface area contributed by atoms with Crippen LogP contribution in [0.2, 0.25) is 0 Å². The predicted octanol–water partition coefficient (Wildman–Crippen LogP) is 3.82. The molecule has 1 aromatic rings. The van der Waals surface area contributed by atoms with Crippen LogP contribution in [0.4, 0.5) is 0 Å². The van der Waals surface area contributed by atoms with Crippen molar-refractivity contribution in [3.63, 3.8) is 0 Å². The van der Waals surface area contributed by atoms with E-state index in [9.17, 15) is 0 Å². The number of piperidine rings is 1. The molecular weight excluding hydrogens is 256 g/mol. The molecule has 0 atom stereocenters. The fourth-order valence-corrected chi connectivity index (χ4v) is 3.42. The molecule has 0 bridgehead atoms. The van der Waals surface area contributed by atoms with Crippen LogP contribution in [0, 0.1) is 26.7 Å². The standard InChI is InChI=1S/C19H32N2/c1-15-6-10-21(11-7-15)9-5-8-20-14-19-17(3)12-16(2)13-18(19)4/h12-13,15,20H,5-11,14H2,1-4H3. The topological polar surface area (TPSA) is 15.3 Å². The van der Waals surface area contributed by atoms with Crippen molar-refractivity contribution < 1.29 is 0 Å². The highest BCUT2D eigenvalue weighted by Crippen LogP contribution is 2.17. The third-order valence-electron chi connectivity index (χ3n) is 4.85. The Labute approximate surface area is 130 Å². The van der Waals surface area contributed by atoms with Gasteiger partial charge in [-0.3, -0.25) is 0 Å². The van der Waals surface area contributed by atoms with E-state index in [-0.39, 0.29) is 0 Å². The Hall–Kier alpha value is -0.860. The summed E-state index contributed by atoms with van der Waals surface area (Å²) in [4.78, 5) is 2.63. The molecule has 2 nitrogen and oxygen atoms in total. The molecule has 2 rings (SSSR count). The highest BCUT2D eigenvalue weighted by Gasteiger charge is 2.14. The molecule has 0 unspecified atom stereocenters. The number of nitrogens with zero attached hydrogens (tertiary/aromatic N) is 1. The molecule has 0 radical (unpaired) electrons. The second-order valence-electron chi connectivity index (χ2n) is 6.93. The van der Waals surface area contributed by atoms with Gasteiger partial charge in [-0.05, 0) is 88.8 Å². The first kappa shape index (κ1) is 16.5. The van der Waals surface area contributed by atoms with Crippen LogP contribution in [-0.4, -0.2) is 31.1 Å². The van der Waals surface area contributed by atoms with Crippen molar-refractivity contribution in [2.75, 3.05) is 26.2 Å². The lowest BCUT2D eigenvalue weighted by atomic mass is 9.99. The molecule has 1 aromatic carbocycles. The minimum atomic E-state index is 0.937. The van der Waals surface area contributed by atoms with Crippen molar-refractivity contribution in [1.82, 2.24) is 10.2 Å². The van der Waals surface area contributed by atoms with Gasteiger partial charge in [-0.25, -0.2) is 0 Å². The third kappa shape index (κ3) is 5.12. The maximum absolute atomic E-state index is 3.62. The monoisotopic (exact) mass is 288 g/mol. The second kappa shape index (κ2) is 7.95. The highest BCUT2D eigenvalue weighted by atomic mass is 15.1. The smallest absolute Gasteiger partial charge is 0.0210 e. The molecule has 2 heteroatoms. The Bertz CT molecular complexity index is 422. The van der Waals surface area contributed by atoms with E-state index < -0.39 is 0 Å². The third-order valence-corrected chi connectivity index (χ3v) is 4.85. The number of nitrogens with one attached hydrogen (secondary N) is 1. The largest absolute Gasteiger partial charge is 0.313 e. The van der Waals surface area contributed by atoms with E-state index in [1.165, 1.54) is 61.2 Å². The van der Waals surface area contributed by atoms with Gasteiger partial charge >= 0.3 is 0 Å². The number of rotatable bonds is 6. The number of benzene rings is 1. The lowest BCUT2D eigenvalue weighted by molar-refractivity contribution is 0.190. The summed E-state index contributed by atoms with van der Waals surface area (Å²) < 4.78 is 0. The molecule has 1 N–H and O–H groups in total. The molecule has 1 fully saturated rings. The van der Waals surface area contributed by atoms with E-state index in [2.05, 4.69) is 50.0 Å². The van der Waals surface area contributed by atoms with Crippen LogP contribution in [0.25, 0.3) is 0 Å². The summed E-state index contributed by atoms with van der Waals surface area (Å²) in [5.74, 6) is 0.937. The zero-order valence-corrected chi connectivity index (χ0v) is 14.3. The summed E-state index contributed by atoms with van der Waals surface area (Å²) >= 11 is 0. The van der Waals surface area contributed by atoms with E-state index in [0.29, 0.717) is 0 Å². The molecular formula is C19H32N2. The van der Waals surface area contributed by atoms with E-state index in [1.54, 1.807) is 0 Å². The molecule has 1 heterocycles. The molecule has 0 aromatic heterocycles. The van der Waals surface area contributed by atoms with Crippen LogP contribution < -0.4 is 5.32 Å². The number of likely N-dealkylation sites (tertiary alicyclic amines) is 1. The van der Waals surface area contributed by atoms with E-state index in [4.69, 9.17) is 0 Å². The molecule has 1 aliphatic heterocycles. The van der Waals surface area contributed by atoms with Crippen LogP contribution in [0.3, 0.4) is 0 Å². The molecule has 1 aliphatic rings. The Kier molecular flexibility index (Phi) is 6.25. The van der Waals surface area contributed by atoms with Gasteiger partial charge in [-0.2, -0.15) is 0 Å². The Morgan fingerprint density at radius 1 is 1.10 bits per heavy atom. The van der Waals surface area contributed by atoms with Crippen LogP contribution in [0.1, 0.15) is 48.4 Å². The SMILES string of the molecule is Cc1cc(C)c(CNCCCN2CCC(C)CC2)c(C)c1. The van der Waals surface area contributed by atoms with Gasteiger partial charge in [0.05, 0.1) is 0 Å². The van der Waals surface area contributed by atoms with Crippen molar-refractivity contribution in [3.8, 4) is 0 Å². The molecule has 1 saturated heterocycles. The summed E-state index contributed by atoms with van der Waals surface area (Å²) in [6, 6.07) is 4.58. The van der Waals surface area contributed by atoms with E-state index in [0.717, 1.165) is 19.0 Å². The summed E-state index contributed by atoms with van der Waals surface area (Å²) in [5.41, 5.74) is 5.69. The molecule has 0 amide bonds. The average molecular weight is 288 g/mol. The van der Waals surface area contributed by atoms with Gasteiger partial charge in [-0.15, -0.1) is 0 Å². The average Bonchev–Trinajstić information content (AvgIpc) is 2.43. The van der Waals surface area contributed by atoms with Crippen molar-refractivity contribution >= 4 is 0 Å². The molecule has 118 valence electrons. The van der Waals surface area contributed by atoms with Gasteiger partial charge in [0.2, 0.25) is 0 Å². The lowest BCUT2D eigenvalue weighted by Crippen LogP contribution is -2.34. The van der Waals surface area contributed by atoms with Gasteiger partial charge in [0.25, 0.3) is 0 Å². The Morgan fingerprint density at radius 3 is 2.33 bits per heavy atom. The summed E-state index contributed by atoms with van der Waals surface area (Å²) in [6.07, 6.45) is 4.03.